The van der Waals surface area contributed by atoms with Gasteiger partial charge >= 0.3 is 0 Å². The first-order valence-electron chi connectivity index (χ1n) is 5.65. The summed E-state index contributed by atoms with van der Waals surface area (Å²) < 4.78 is 6.23. The highest BCUT2D eigenvalue weighted by molar-refractivity contribution is 7.18. The maximum absolute atomic E-state index is 5.02. The van der Waals surface area contributed by atoms with E-state index in [-0.39, 0.29) is 0 Å². The van der Waals surface area contributed by atoms with Crippen molar-refractivity contribution < 1.29 is 4.52 Å². The molecule has 5 nitrogen and oxygen atoms in total. The summed E-state index contributed by atoms with van der Waals surface area (Å²) in [5.41, 5.74) is 1.05. The Morgan fingerprint density at radius 3 is 2.89 bits per heavy atom. The lowest BCUT2D eigenvalue weighted by Gasteiger charge is -1.96. The summed E-state index contributed by atoms with van der Waals surface area (Å²) in [4.78, 5) is 8.67. The maximum Gasteiger partial charge on any atom is 0.240 e. The number of thiazole rings is 1. The maximum atomic E-state index is 5.02. The summed E-state index contributed by atoms with van der Waals surface area (Å²) in [6.45, 7) is 3.08. The summed E-state index contributed by atoms with van der Waals surface area (Å²) in [7, 11) is 0. The van der Waals surface area contributed by atoms with E-state index < -0.39 is 0 Å². The van der Waals surface area contributed by atoms with Gasteiger partial charge in [-0.3, -0.25) is 0 Å². The first-order chi connectivity index (χ1) is 8.81. The van der Waals surface area contributed by atoms with Crippen LogP contribution in [0.15, 0.2) is 28.8 Å². The van der Waals surface area contributed by atoms with Crippen LogP contribution in [0, 0.1) is 6.92 Å². The molecule has 3 rings (SSSR count). The zero-order valence-corrected chi connectivity index (χ0v) is 10.7. The standard InChI is InChI=1S/C12H12N4OS/c1-8-14-11(17-16-8)6-13-7-12-15-9-4-2-3-5-10(9)18-12/h2-5,13H,6-7H2,1H3. The van der Waals surface area contributed by atoms with E-state index >= 15 is 0 Å². The zero-order valence-electron chi connectivity index (χ0n) is 9.88. The van der Waals surface area contributed by atoms with Crippen molar-refractivity contribution in [3.05, 3.63) is 41.0 Å². The normalized spacial score (nSPS) is 11.2. The smallest absolute Gasteiger partial charge is 0.240 e. The summed E-state index contributed by atoms with van der Waals surface area (Å²) >= 11 is 1.70. The van der Waals surface area contributed by atoms with Gasteiger partial charge in [0.25, 0.3) is 0 Å². The average Bonchev–Trinajstić information content (AvgIpc) is 2.95. The lowest BCUT2D eigenvalue weighted by molar-refractivity contribution is 0.364. The minimum absolute atomic E-state index is 0.566. The fourth-order valence-corrected chi connectivity index (χ4v) is 2.62. The largest absolute Gasteiger partial charge is 0.338 e. The molecule has 18 heavy (non-hydrogen) atoms. The second-order valence-electron chi connectivity index (χ2n) is 3.91. The Bertz CT molecular complexity index is 628. The van der Waals surface area contributed by atoms with Crippen molar-refractivity contribution in [3.63, 3.8) is 0 Å². The lowest BCUT2D eigenvalue weighted by atomic mass is 10.3. The Balaban J connectivity index is 1.62. The third kappa shape index (κ3) is 2.39. The topological polar surface area (TPSA) is 63.8 Å². The highest BCUT2D eigenvalue weighted by atomic mass is 32.1. The van der Waals surface area contributed by atoms with E-state index in [2.05, 4.69) is 26.5 Å². The van der Waals surface area contributed by atoms with Gasteiger partial charge in [0, 0.05) is 6.54 Å². The van der Waals surface area contributed by atoms with Crippen molar-refractivity contribution in [2.45, 2.75) is 20.0 Å². The van der Waals surface area contributed by atoms with Crippen molar-refractivity contribution >= 4 is 21.6 Å². The fourth-order valence-electron chi connectivity index (χ4n) is 1.68. The second-order valence-corrected chi connectivity index (χ2v) is 5.03. The third-order valence-electron chi connectivity index (χ3n) is 2.46. The Kier molecular flexibility index (Phi) is 3.04. The molecule has 0 saturated carbocycles. The first kappa shape index (κ1) is 11.3. The van der Waals surface area contributed by atoms with Gasteiger partial charge in [0.15, 0.2) is 5.82 Å². The van der Waals surface area contributed by atoms with Crippen LogP contribution >= 0.6 is 11.3 Å². The Labute approximate surface area is 108 Å². The van der Waals surface area contributed by atoms with Crippen LogP contribution in [-0.2, 0) is 13.1 Å². The van der Waals surface area contributed by atoms with Crippen LogP contribution in [0.2, 0.25) is 0 Å². The number of hydrogen-bond acceptors (Lipinski definition) is 6. The molecule has 92 valence electrons. The van der Waals surface area contributed by atoms with Crippen LogP contribution in [0.4, 0.5) is 0 Å². The molecule has 0 aliphatic carbocycles. The van der Waals surface area contributed by atoms with Gasteiger partial charge in [-0.1, -0.05) is 17.3 Å². The summed E-state index contributed by atoms with van der Waals surface area (Å²) in [6.07, 6.45) is 0. The van der Waals surface area contributed by atoms with Crippen molar-refractivity contribution in [1.29, 1.82) is 0 Å². The van der Waals surface area contributed by atoms with Gasteiger partial charge in [0.1, 0.15) is 5.01 Å². The minimum atomic E-state index is 0.566. The molecule has 0 radical (unpaired) electrons. The van der Waals surface area contributed by atoms with Gasteiger partial charge in [0.05, 0.1) is 16.8 Å². The summed E-state index contributed by atoms with van der Waals surface area (Å²) in [6, 6.07) is 8.13. The number of nitrogens with one attached hydrogen (secondary N) is 1. The number of aryl methyl sites for hydroxylation is 1. The zero-order chi connectivity index (χ0) is 12.4. The number of benzene rings is 1. The molecule has 0 atom stereocenters. The van der Waals surface area contributed by atoms with Crippen LogP contribution in [-0.4, -0.2) is 15.1 Å². The highest BCUT2D eigenvalue weighted by Crippen LogP contribution is 2.21. The summed E-state index contributed by atoms with van der Waals surface area (Å²) in [5, 5.41) is 8.04. The monoisotopic (exact) mass is 260 g/mol. The van der Waals surface area contributed by atoms with E-state index in [1.54, 1.807) is 18.3 Å². The van der Waals surface area contributed by atoms with Gasteiger partial charge in [-0.2, -0.15) is 4.98 Å². The quantitative estimate of drug-likeness (QED) is 0.779. The van der Waals surface area contributed by atoms with Crippen molar-refractivity contribution in [2.24, 2.45) is 0 Å². The molecule has 0 amide bonds. The van der Waals surface area contributed by atoms with Crippen LogP contribution in [0.25, 0.3) is 10.2 Å². The third-order valence-corrected chi connectivity index (χ3v) is 3.50. The molecule has 0 bridgehead atoms. The Morgan fingerprint density at radius 2 is 2.11 bits per heavy atom. The van der Waals surface area contributed by atoms with E-state index in [0.717, 1.165) is 10.5 Å². The summed E-state index contributed by atoms with van der Waals surface area (Å²) in [5.74, 6) is 1.26. The van der Waals surface area contributed by atoms with Crippen LogP contribution in [0.5, 0.6) is 0 Å². The molecule has 1 aromatic carbocycles. The van der Waals surface area contributed by atoms with Gasteiger partial charge in [-0.25, -0.2) is 4.98 Å². The number of fused-ring (bicyclic) bond motifs is 1. The van der Waals surface area contributed by atoms with Gasteiger partial charge in [0.2, 0.25) is 5.89 Å². The van der Waals surface area contributed by atoms with E-state index in [9.17, 15) is 0 Å². The van der Waals surface area contributed by atoms with Crippen LogP contribution in [0.1, 0.15) is 16.7 Å². The van der Waals surface area contributed by atoms with E-state index in [0.29, 0.717) is 24.8 Å². The Hall–Kier alpha value is -1.79. The number of hydrogen-bond donors (Lipinski definition) is 1. The van der Waals surface area contributed by atoms with Gasteiger partial charge in [-0.05, 0) is 19.1 Å². The predicted octanol–water partition coefficient (Wildman–Crippen LogP) is 2.28. The van der Waals surface area contributed by atoms with E-state index in [4.69, 9.17) is 4.52 Å². The minimum Gasteiger partial charge on any atom is -0.338 e. The second kappa shape index (κ2) is 4.83. The SMILES string of the molecule is Cc1noc(CNCc2nc3ccccc3s2)n1. The van der Waals surface area contributed by atoms with Crippen LogP contribution in [0.3, 0.4) is 0 Å². The fraction of sp³-hybridized carbons (Fsp3) is 0.250. The van der Waals surface area contributed by atoms with Gasteiger partial charge in [-0.15, -0.1) is 11.3 Å². The molecule has 0 unspecified atom stereocenters. The van der Waals surface area contributed by atoms with Gasteiger partial charge < -0.3 is 9.84 Å². The van der Waals surface area contributed by atoms with Crippen molar-refractivity contribution in [1.82, 2.24) is 20.4 Å². The molecular weight excluding hydrogens is 248 g/mol. The number of nitrogens with zero attached hydrogens (tertiary/aromatic N) is 3. The molecule has 6 heteroatoms. The average molecular weight is 260 g/mol. The molecule has 0 fully saturated rings. The Morgan fingerprint density at radius 1 is 1.22 bits per heavy atom. The highest BCUT2D eigenvalue weighted by Gasteiger charge is 2.05. The van der Waals surface area contributed by atoms with E-state index in [1.807, 2.05) is 18.2 Å². The van der Waals surface area contributed by atoms with Crippen molar-refractivity contribution in [3.8, 4) is 0 Å². The van der Waals surface area contributed by atoms with Crippen molar-refractivity contribution in [2.75, 3.05) is 0 Å². The molecule has 1 N–H and O–H groups in total. The number of aromatic nitrogens is 3. The first-order valence-corrected chi connectivity index (χ1v) is 6.47. The molecule has 2 heterocycles. The predicted molar refractivity (Wildman–Crippen MR) is 69.2 cm³/mol. The number of rotatable bonds is 4. The van der Waals surface area contributed by atoms with Crippen LogP contribution < -0.4 is 5.32 Å². The molecular formula is C12H12N4OS. The molecule has 3 aromatic rings. The molecule has 2 aromatic heterocycles. The molecule has 0 saturated heterocycles. The number of para-hydroxylation sites is 1. The van der Waals surface area contributed by atoms with E-state index in [1.165, 1.54) is 4.70 Å². The molecule has 0 aliphatic rings. The molecule has 0 aliphatic heterocycles. The molecule has 0 spiro atoms. The lowest BCUT2D eigenvalue weighted by Crippen LogP contribution is -2.12.